The maximum Gasteiger partial charge on any atom is 0.195 e. The first-order valence-corrected chi connectivity index (χ1v) is 8.66. The molecule has 0 bridgehead atoms. The summed E-state index contributed by atoms with van der Waals surface area (Å²) in [5.74, 6) is -5.28. The third-order valence-corrected chi connectivity index (χ3v) is 5.16. The first kappa shape index (κ1) is 17.1. The van der Waals surface area contributed by atoms with Crippen molar-refractivity contribution in [2.75, 3.05) is 0 Å². The number of pyridine rings is 1. The van der Waals surface area contributed by atoms with E-state index in [1.165, 1.54) is 0 Å². The fraction of sp³-hybridized carbons (Fsp3) is 0. The smallest absolute Gasteiger partial charge is 0.195 e. The van der Waals surface area contributed by atoms with Crippen molar-refractivity contribution in [1.29, 1.82) is 5.26 Å². The SMILES string of the molecule is N#CC=C1/C(=C2\c3ccccc3-c3ncccc32)C(=O)c2cc(F)c(F)c(F)c21. The van der Waals surface area contributed by atoms with E-state index in [0.29, 0.717) is 28.5 Å². The van der Waals surface area contributed by atoms with Crippen LogP contribution in [0.1, 0.15) is 27.0 Å². The molecule has 1 aromatic heterocycles. The van der Waals surface area contributed by atoms with E-state index in [2.05, 4.69) is 4.98 Å². The quantitative estimate of drug-likeness (QED) is 0.240. The lowest BCUT2D eigenvalue weighted by atomic mass is 9.93. The average molecular weight is 386 g/mol. The number of nitriles is 1. The van der Waals surface area contributed by atoms with Gasteiger partial charge in [-0.25, -0.2) is 13.2 Å². The summed E-state index contributed by atoms with van der Waals surface area (Å²) in [5.41, 5.74) is 2.47. The number of allylic oxidation sites excluding steroid dienone is 3. The van der Waals surface area contributed by atoms with Crippen molar-refractivity contribution in [2.45, 2.75) is 0 Å². The molecule has 2 aromatic carbocycles. The van der Waals surface area contributed by atoms with Gasteiger partial charge < -0.3 is 0 Å². The fourth-order valence-corrected chi connectivity index (χ4v) is 4.02. The Bertz CT molecular complexity index is 1320. The van der Waals surface area contributed by atoms with Gasteiger partial charge in [0.15, 0.2) is 23.2 Å². The Kier molecular flexibility index (Phi) is 3.55. The maximum atomic E-state index is 14.6. The van der Waals surface area contributed by atoms with Crippen molar-refractivity contribution in [1.82, 2.24) is 4.98 Å². The molecule has 2 aliphatic carbocycles. The molecule has 6 heteroatoms. The number of fused-ring (bicyclic) bond motifs is 4. The van der Waals surface area contributed by atoms with Crippen LogP contribution >= 0.6 is 0 Å². The van der Waals surface area contributed by atoms with Gasteiger partial charge in [-0.05, 0) is 17.7 Å². The monoisotopic (exact) mass is 386 g/mol. The number of ketones is 1. The molecule has 0 fully saturated rings. The van der Waals surface area contributed by atoms with Crippen LogP contribution in [0.3, 0.4) is 0 Å². The minimum atomic E-state index is -1.68. The topological polar surface area (TPSA) is 53.8 Å². The predicted molar refractivity (Wildman–Crippen MR) is 99.9 cm³/mol. The third kappa shape index (κ3) is 2.18. The Hall–Kier alpha value is -3.98. The number of carbonyl (C=O) groups is 1. The highest BCUT2D eigenvalue weighted by atomic mass is 19.2. The first-order valence-electron chi connectivity index (χ1n) is 8.66. The number of aromatic nitrogens is 1. The second-order valence-corrected chi connectivity index (χ2v) is 6.62. The van der Waals surface area contributed by atoms with Gasteiger partial charge in [-0.2, -0.15) is 5.26 Å². The highest BCUT2D eigenvalue weighted by Gasteiger charge is 2.40. The van der Waals surface area contributed by atoms with Crippen molar-refractivity contribution >= 4 is 16.9 Å². The Balaban J connectivity index is 1.93. The minimum Gasteiger partial charge on any atom is -0.289 e. The first-order chi connectivity index (χ1) is 14.0. The van der Waals surface area contributed by atoms with E-state index in [9.17, 15) is 23.2 Å². The molecule has 0 saturated carbocycles. The normalized spacial score (nSPS) is 17.9. The third-order valence-electron chi connectivity index (χ3n) is 5.16. The Morgan fingerprint density at radius 3 is 2.38 bits per heavy atom. The van der Waals surface area contributed by atoms with Crippen LogP contribution in [0.2, 0.25) is 0 Å². The van der Waals surface area contributed by atoms with E-state index in [-0.39, 0.29) is 16.7 Å². The molecule has 29 heavy (non-hydrogen) atoms. The Labute approximate surface area is 163 Å². The number of rotatable bonds is 0. The molecule has 0 amide bonds. The van der Waals surface area contributed by atoms with Gasteiger partial charge in [-0.1, -0.05) is 30.3 Å². The minimum absolute atomic E-state index is 0.0321. The predicted octanol–water partition coefficient (Wildman–Crippen LogP) is 5.08. The molecule has 2 aliphatic rings. The van der Waals surface area contributed by atoms with Gasteiger partial charge >= 0.3 is 0 Å². The van der Waals surface area contributed by atoms with Crippen LogP contribution in [0, 0.1) is 28.8 Å². The van der Waals surface area contributed by atoms with Gasteiger partial charge in [-0.15, -0.1) is 0 Å². The van der Waals surface area contributed by atoms with Crippen LogP contribution in [0.5, 0.6) is 0 Å². The largest absolute Gasteiger partial charge is 0.289 e. The molecule has 5 rings (SSSR count). The van der Waals surface area contributed by atoms with Crippen molar-refractivity contribution in [3.05, 3.63) is 100 Å². The number of hydrogen-bond donors (Lipinski definition) is 0. The summed E-state index contributed by atoms with van der Waals surface area (Å²) in [6.45, 7) is 0. The second kappa shape index (κ2) is 6.01. The molecule has 0 saturated heterocycles. The molecule has 1 heterocycles. The number of Topliss-reactive ketones (excluding diaryl/α,β-unsaturated/α-hetero) is 1. The van der Waals surface area contributed by atoms with E-state index in [0.717, 1.165) is 11.6 Å². The van der Waals surface area contributed by atoms with Crippen molar-refractivity contribution in [2.24, 2.45) is 0 Å². The van der Waals surface area contributed by atoms with E-state index in [4.69, 9.17) is 0 Å². The number of benzene rings is 2. The molecule has 0 unspecified atom stereocenters. The van der Waals surface area contributed by atoms with Gasteiger partial charge in [-0.3, -0.25) is 9.78 Å². The molecule has 3 aromatic rings. The van der Waals surface area contributed by atoms with Crippen molar-refractivity contribution in [3.63, 3.8) is 0 Å². The fourth-order valence-electron chi connectivity index (χ4n) is 4.02. The standard InChI is InChI=1S/C23H9F3N2O/c24-16-10-15-18(21(26)20(16)25)13(7-8-27)19(23(15)29)17-11-4-1-2-5-12(11)22-14(17)6-3-9-28-22/h1-7,9-10H/b13-7?,19-17-. The summed E-state index contributed by atoms with van der Waals surface area (Å²) < 4.78 is 42.3. The number of nitrogens with zero attached hydrogens (tertiary/aromatic N) is 2. The van der Waals surface area contributed by atoms with E-state index in [1.807, 2.05) is 12.1 Å². The lowest BCUT2D eigenvalue weighted by Gasteiger charge is -2.08. The van der Waals surface area contributed by atoms with Crippen LogP contribution in [0.25, 0.3) is 22.4 Å². The maximum absolute atomic E-state index is 14.6. The zero-order valence-electron chi connectivity index (χ0n) is 14.6. The Morgan fingerprint density at radius 1 is 0.897 bits per heavy atom. The van der Waals surface area contributed by atoms with Gasteiger partial charge in [0.25, 0.3) is 0 Å². The van der Waals surface area contributed by atoms with Gasteiger partial charge in [0.2, 0.25) is 0 Å². The molecule has 0 atom stereocenters. The molecule has 0 radical (unpaired) electrons. The van der Waals surface area contributed by atoms with Crippen LogP contribution in [0.4, 0.5) is 13.2 Å². The zero-order valence-corrected chi connectivity index (χ0v) is 14.6. The molecule has 138 valence electrons. The molecule has 0 N–H and O–H groups in total. The summed E-state index contributed by atoms with van der Waals surface area (Å²) in [6, 6.07) is 13.2. The van der Waals surface area contributed by atoms with E-state index in [1.54, 1.807) is 36.5 Å². The van der Waals surface area contributed by atoms with Gasteiger partial charge in [0.1, 0.15) is 0 Å². The second-order valence-electron chi connectivity index (χ2n) is 6.62. The molecule has 3 nitrogen and oxygen atoms in total. The Morgan fingerprint density at radius 2 is 1.62 bits per heavy atom. The van der Waals surface area contributed by atoms with Crippen LogP contribution < -0.4 is 0 Å². The van der Waals surface area contributed by atoms with Crippen molar-refractivity contribution in [3.8, 4) is 17.3 Å². The van der Waals surface area contributed by atoms with Crippen LogP contribution in [-0.2, 0) is 0 Å². The summed E-state index contributed by atoms with van der Waals surface area (Å²) >= 11 is 0. The van der Waals surface area contributed by atoms with E-state index >= 15 is 0 Å². The molecule has 0 aliphatic heterocycles. The molecular formula is C23H9F3N2O. The zero-order chi connectivity index (χ0) is 20.3. The lowest BCUT2D eigenvalue weighted by molar-refractivity contribution is 0.104. The highest BCUT2D eigenvalue weighted by molar-refractivity contribution is 6.32. The van der Waals surface area contributed by atoms with Gasteiger partial charge in [0, 0.05) is 51.2 Å². The highest BCUT2D eigenvalue weighted by Crippen LogP contribution is 2.50. The van der Waals surface area contributed by atoms with E-state index < -0.39 is 28.8 Å². The van der Waals surface area contributed by atoms with Crippen LogP contribution in [-0.4, -0.2) is 10.8 Å². The average Bonchev–Trinajstić information content (AvgIpc) is 3.19. The molecule has 0 spiro atoms. The molecular weight excluding hydrogens is 377 g/mol. The van der Waals surface area contributed by atoms with Crippen molar-refractivity contribution < 1.29 is 18.0 Å². The summed E-state index contributed by atoms with van der Waals surface area (Å²) in [6.07, 6.45) is 2.61. The number of carbonyl (C=O) groups excluding carboxylic acids is 1. The van der Waals surface area contributed by atoms with Crippen LogP contribution in [0.15, 0.2) is 60.3 Å². The summed E-state index contributed by atoms with van der Waals surface area (Å²) in [7, 11) is 0. The summed E-state index contributed by atoms with van der Waals surface area (Å²) in [5, 5.41) is 9.24. The number of hydrogen-bond acceptors (Lipinski definition) is 3. The van der Waals surface area contributed by atoms with Gasteiger partial charge in [0.05, 0.1) is 11.8 Å². The number of halogens is 3. The lowest BCUT2D eigenvalue weighted by Crippen LogP contribution is -2.01. The summed E-state index contributed by atoms with van der Waals surface area (Å²) in [4.78, 5) is 17.6.